The number of halogens is 1. The molecule has 0 aromatic heterocycles. The Kier molecular flexibility index (Phi) is 5.43. The molecule has 1 aromatic rings. The lowest BCUT2D eigenvalue weighted by atomic mass is 10.1. The molecule has 0 amide bonds. The lowest BCUT2D eigenvalue weighted by molar-refractivity contribution is 0.557. The first-order valence-electron chi connectivity index (χ1n) is 5.63. The van der Waals surface area contributed by atoms with Crippen molar-refractivity contribution in [1.82, 2.24) is 5.32 Å². The van der Waals surface area contributed by atoms with Gasteiger partial charge >= 0.3 is 0 Å². The van der Waals surface area contributed by atoms with Crippen molar-refractivity contribution in [3.63, 3.8) is 0 Å². The Balaban J connectivity index is 0.00000144. The number of rotatable bonds is 4. The predicted molar refractivity (Wildman–Crippen MR) is 72.5 cm³/mol. The zero-order chi connectivity index (χ0) is 11.4. The lowest BCUT2D eigenvalue weighted by Gasteiger charge is -2.10. The molecule has 0 saturated carbocycles. The molecule has 96 valence electrons. The van der Waals surface area contributed by atoms with Gasteiger partial charge in [0.25, 0.3) is 0 Å². The van der Waals surface area contributed by atoms with Crippen LogP contribution in [-0.2, 0) is 16.3 Å². The average Bonchev–Trinajstić information content (AvgIpc) is 2.60. The van der Waals surface area contributed by atoms with Gasteiger partial charge < -0.3 is 5.32 Å². The molecule has 1 atom stereocenters. The van der Waals surface area contributed by atoms with Crippen LogP contribution in [0.2, 0.25) is 0 Å². The van der Waals surface area contributed by atoms with Crippen LogP contribution in [0.15, 0.2) is 30.3 Å². The third kappa shape index (κ3) is 4.66. The summed E-state index contributed by atoms with van der Waals surface area (Å²) in [6, 6.07) is 10.4. The van der Waals surface area contributed by atoms with Crippen LogP contribution in [0.1, 0.15) is 12.0 Å². The lowest BCUT2D eigenvalue weighted by Crippen LogP contribution is -2.31. The van der Waals surface area contributed by atoms with Crippen molar-refractivity contribution in [2.24, 2.45) is 0 Å². The van der Waals surface area contributed by atoms with E-state index in [2.05, 4.69) is 17.4 Å². The molecular weight excluding hydrogens is 258 g/mol. The molecule has 17 heavy (non-hydrogen) atoms. The summed E-state index contributed by atoms with van der Waals surface area (Å²) in [5, 5.41) is 3.31. The molecule has 0 spiro atoms. The van der Waals surface area contributed by atoms with Crippen molar-refractivity contribution < 1.29 is 8.42 Å². The highest BCUT2D eigenvalue weighted by Crippen LogP contribution is 2.11. The van der Waals surface area contributed by atoms with Gasteiger partial charge in [-0.15, -0.1) is 12.4 Å². The van der Waals surface area contributed by atoms with Crippen LogP contribution < -0.4 is 5.32 Å². The Morgan fingerprint density at radius 2 is 1.94 bits per heavy atom. The average molecular weight is 276 g/mol. The van der Waals surface area contributed by atoms with E-state index >= 15 is 0 Å². The van der Waals surface area contributed by atoms with Crippen LogP contribution in [0.25, 0.3) is 0 Å². The highest BCUT2D eigenvalue weighted by atomic mass is 35.5. The zero-order valence-corrected chi connectivity index (χ0v) is 11.3. The summed E-state index contributed by atoms with van der Waals surface area (Å²) in [6.45, 7) is 0.851. The SMILES string of the molecule is Cl.O=S1(=O)CCC(NCCc2ccccc2)C1. The molecule has 1 aliphatic rings. The van der Waals surface area contributed by atoms with Gasteiger partial charge in [-0.05, 0) is 24.9 Å². The molecule has 1 N–H and O–H groups in total. The maximum absolute atomic E-state index is 11.2. The topological polar surface area (TPSA) is 46.2 Å². The maximum Gasteiger partial charge on any atom is 0.151 e. The summed E-state index contributed by atoms with van der Waals surface area (Å²) in [7, 11) is -2.75. The number of hydrogen-bond donors (Lipinski definition) is 1. The molecule has 0 aliphatic carbocycles. The van der Waals surface area contributed by atoms with Crippen LogP contribution in [0, 0.1) is 0 Å². The quantitative estimate of drug-likeness (QED) is 0.904. The van der Waals surface area contributed by atoms with E-state index in [1.54, 1.807) is 0 Å². The van der Waals surface area contributed by atoms with Gasteiger partial charge in [0, 0.05) is 6.04 Å². The highest BCUT2D eigenvalue weighted by Gasteiger charge is 2.26. The number of sulfone groups is 1. The normalized spacial score (nSPS) is 22.0. The molecule has 1 aromatic carbocycles. The summed E-state index contributed by atoms with van der Waals surface area (Å²) in [5.41, 5.74) is 1.29. The van der Waals surface area contributed by atoms with E-state index in [4.69, 9.17) is 0 Å². The van der Waals surface area contributed by atoms with Crippen molar-refractivity contribution in [2.45, 2.75) is 18.9 Å². The molecule has 3 nitrogen and oxygen atoms in total. The zero-order valence-electron chi connectivity index (χ0n) is 9.63. The fourth-order valence-corrected chi connectivity index (χ4v) is 3.73. The molecular formula is C12H18ClNO2S. The van der Waals surface area contributed by atoms with Gasteiger partial charge in [-0.3, -0.25) is 0 Å². The maximum atomic E-state index is 11.2. The van der Waals surface area contributed by atoms with E-state index in [0.29, 0.717) is 11.5 Å². The Hall–Kier alpha value is -0.580. The highest BCUT2D eigenvalue weighted by molar-refractivity contribution is 7.91. The van der Waals surface area contributed by atoms with E-state index in [-0.39, 0.29) is 18.4 Å². The molecule has 0 bridgehead atoms. The van der Waals surface area contributed by atoms with Crippen molar-refractivity contribution in [1.29, 1.82) is 0 Å². The predicted octanol–water partition coefficient (Wildman–Crippen LogP) is 1.43. The van der Waals surface area contributed by atoms with Gasteiger partial charge in [-0.2, -0.15) is 0 Å². The van der Waals surface area contributed by atoms with Crippen LogP contribution in [-0.4, -0.2) is 32.5 Å². The first-order chi connectivity index (χ1) is 7.66. The Bertz CT molecular complexity index is 433. The minimum absolute atomic E-state index is 0. The van der Waals surface area contributed by atoms with E-state index in [1.165, 1.54) is 5.56 Å². The van der Waals surface area contributed by atoms with Crippen LogP contribution >= 0.6 is 12.4 Å². The molecule has 5 heteroatoms. The second-order valence-electron chi connectivity index (χ2n) is 4.29. The van der Waals surface area contributed by atoms with Crippen LogP contribution in [0.5, 0.6) is 0 Å². The van der Waals surface area contributed by atoms with Gasteiger partial charge in [0.05, 0.1) is 11.5 Å². The summed E-state index contributed by atoms with van der Waals surface area (Å²) < 4.78 is 22.5. The number of hydrogen-bond acceptors (Lipinski definition) is 3. The van der Waals surface area contributed by atoms with Crippen LogP contribution in [0.3, 0.4) is 0 Å². The molecule has 0 radical (unpaired) electrons. The van der Waals surface area contributed by atoms with Gasteiger partial charge in [-0.25, -0.2) is 8.42 Å². The van der Waals surface area contributed by atoms with Crippen LogP contribution in [0.4, 0.5) is 0 Å². The summed E-state index contributed by atoms with van der Waals surface area (Å²) in [5.74, 6) is 0.651. The second-order valence-corrected chi connectivity index (χ2v) is 6.52. The molecule has 1 fully saturated rings. The standard InChI is InChI=1S/C12H17NO2S.ClH/c14-16(15)9-7-12(10-16)13-8-6-11-4-2-1-3-5-11;/h1-5,12-13H,6-10H2;1H. The fraction of sp³-hybridized carbons (Fsp3) is 0.500. The Morgan fingerprint density at radius 1 is 1.24 bits per heavy atom. The van der Waals surface area contributed by atoms with E-state index in [0.717, 1.165) is 19.4 Å². The molecule has 1 unspecified atom stereocenters. The molecule has 1 aliphatic heterocycles. The first kappa shape index (κ1) is 14.5. The Labute approximate surface area is 109 Å². The first-order valence-corrected chi connectivity index (χ1v) is 7.46. The van der Waals surface area contributed by atoms with Crippen molar-refractivity contribution in [3.8, 4) is 0 Å². The summed E-state index contributed by atoms with van der Waals surface area (Å²) in [4.78, 5) is 0. The monoisotopic (exact) mass is 275 g/mol. The summed E-state index contributed by atoms with van der Waals surface area (Å²) >= 11 is 0. The largest absolute Gasteiger partial charge is 0.313 e. The van der Waals surface area contributed by atoms with Gasteiger partial charge in [0.2, 0.25) is 0 Å². The minimum atomic E-state index is -2.75. The molecule has 1 saturated heterocycles. The second kappa shape index (κ2) is 6.38. The van der Waals surface area contributed by atoms with Gasteiger partial charge in [0.15, 0.2) is 9.84 Å². The third-order valence-corrected chi connectivity index (χ3v) is 4.69. The molecule has 1 heterocycles. The van der Waals surface area contributed by atoms with Gasteiger partial charge in [0.1, 0.15) is 0 Å². The van der Waals surface area contributed by atoms with E-state index < -0.39 is 9.84 Å². The van der Waals surface area contributed by atoms with E-state index in [9.17, 15) is 8.42 Å². The Morgan fingerprint density at radius 3 is 2.53 bits per heavy atom. The van der Waals surface area contributed by atoms with Crippen molar-refractivity contribution in [2.75, 3.05) is 18.1 Å². The number of benzene rings is 1. The van der Waals surface area contributed by atoms with Crippen molar-refractivity contribution >= 4 is 22.2 Å². The van der Waals surface area contributed by atoms with E-state index in [1.807, 2.05) is 18.2 Å². The fourth-order valence-electron chi connectivity index (χ4n) is 2.02. The third-order valence-electron chi connectivity index (χ3n) is 2.92. The summed E-state index contributed by atoms with van der Waals surface area (Å²) in [6.07, 6.45) is 1.72. The smallest absolute Gasteiger partial charge is 0.151 e. The van der Waals surface area contributed by atoms with Gasteiger partial charge in [-0.1, -0.05) is 30.3 Å². The van der Waals surface area contributed by atoms with Crippen molar-refractivity contribution in [3.05, 3.63) is 35.9 Å². The number of nitrogens with one attached hydrogen (secondary N) is 1. The molecule has 2 rings (SSSR count). The minimum Gasteiger partial charge on any atom is -0.313 e.